The van der Waals surface area contributed by atoms with E-state index in [0.29, 0.717) is 0 Å². The van der Waals surface area contributed by atoms with Crippen LogP contribution in [0.3, 0.4) is 0 Å². The van der Waals surface area contributed by atoms with Gasteiger partial charge in [-0.2, -0.15) is 0 Å². The fourth-order valence-electron chi connectivity index (χ4n) is 2.11. The van der Waals surface area contributed by atoms with Gasteiger partial charge in [0, 0.05) is 18.0 Å². The molecule has 2 nitrogen and oxygen atoms in total. The number of hydrogen-bond donors (Lipinski definition) is 1. The largest absolute Gasteiger partial charge is 0.487 e. The van der Waals surface area contributed by atoms with E-state index in [1.165, 1.54) is 18.4 Å². The van der Waals surface area contributed by atoms with Crippen LogP contribution in [-0.4, -0.2) is 5.60 Å². The van der Waals surface area contributed by atoms with Crippen LogP contribution >= 0.6 is 0 Å². The van der Waals surface area contributed by atoms with Crippen molar-refractivity contribution in [3.05, 3.63) is 29.8 Å². The number of fused-ring (bicyclic) bond motifs is 1. The Labute approximate surface area is 77.7 Å². The Morgan fingerprint density at radius 2 is 2.08 bits per heavy atom. The Hall–Kier alpha value is -1.02. The molecule has 1 spiro atoms. The van der Waals surface area contributed by atoms with Gasteiger partial charge in [-0.1, -0.05) is 18.2 Å². The van der Waals surface area contributed by atoms with E-state index >= 15 is 0 Å². The van der Waals surface area contributed by atoms with E-state index in [-0.39, 0.29) is 11.6 Å². The van der Waals surface area contributed by atoms with Crippen molar-refractivity contribution < 1.29 is 4.74 Å². The summed E-state index contributed by atoms with van der Waals surface area (Å²) in [6.45, 7) is 0. The van der Waals surface area contributed by atoms with E-state index in [4.69, 9.17) is 10.5 Å². The van der Waals surface area contributed by atoms with Gasteiger partial charge in [-0.25, -0.2) is 0 Å². The van der Waals surface area contributed by atoms with Gasteiger partial charge in [0.1, 0.15) is 11.4 Å². The molecule has 2 aliphatic rings. The van der Waals surface area contributed by atoms with Crippen LogP contribution in [0.5, 0.6) is 5.75 Å². The predicted molar refractivity (Wildman–Crippen MR) is 50.6 cm³/mol. The topological polar surface area (TPSA) is 35.2 Å². The highest BCUT2D eigenvalue weighted by Gasteiger charge is 2.49. The molecule has 1 saturated carbocycles. The summed E-state index contributed by atoms with van der Waals surface area (Å²) in [5.74, 6) is 0.999. The molecule has 0 bridgehead atoms. The molecule has 1 aromatic rings. The first-order valence-corrected chi connectivity index (χ1v) is 4.83. The molecule has 3 rings (SSSR count). The summed E-state index contributed by atoms with van der Waals surface area (Å²) in [7, 11) is 0. The molecule has 2 N–H and O–H groups in total. The Morgan fingerprint density at radius 1 is 1.31 bits per heavy atom. The van der Waals surface area contributed by atoms with E-state index in [9.17, 15) is 0 Å². The maximum atomic E-state index is 6.08. The Kier molecular flexibility index (Phi) is 1.29. The van der Waals surface area contributed by atoms with E-state index in [1.54, 1.807) is 0 Å². The first kappa shape index (κ1) is 7.39. The summed E-state index contributed by atoms with van der Waals surface area (Å²) in [5, 5.41) is 0. The number of para-hydroxylation sites is 1. The molecule has 0 aromatic heterocycles. The average molecular weight is 175 g/mol. The second-order valence-electron chi connectivity index (χ2n) is 4.13. The Morgan fingerprint density at radius 3 is 2.85 bits per heavy atom. The first-order chi connectivity index (χ1) is 6.29. The minimum atomic E-state index is 0.119. The van der Waals surface area contributed by atoms with Crippen LogP contribution in [0.25, 0.3) is 0 Å². The van der Waals surface area contributed by atoms with Crippen LogP contribution < -0.4 is 10.5 Å². The van der Waals surface area contributed by atoms with Crippen LogP contribution in [0.4, 0.5) is 0 Å². The highest BCUT2D eigenvalue weighted by atomic mass is 16.5. The smallest absolute Gasteiger partial charge is 0.124 e. The molecule has 0 amide bonds. The lowest BCUT2D eigenvalue weighted by Gasteiger charge is -2.30. The molecule has 1 aromatic carbocycles. The molecule has 1 heterocycles. The fraction of sp³-hybridized carbons (Fsp3) is 0.455. The maximum Gasteiger partial charge on any atom is 0.124 e. The fourth-order valence-corrected chi connectivity index (χ4v) is 2.11. The van der Waals surface area contributed by atoms with Gasteiger partial charge in [-0.15, -0.1) is 0 Å². The summed E-state index contributed by atoms with van der Waals surface area (Å²) in [6.07, 6.45) is 3.34. The SMILES string of the molecule is NC1CC2(CC2)Oc2ccccc21. The lowest BCUT2D eigenvalue weighted by Crippen LogP contribution is -2.30. The van der Waals surface area contributed by atoms with Crippen molar-refractivity contribution in [2.24, 2.45) is 5.73 Å². The molecule has 1 aliphatic carbocycles. The lowest BCUT2D eigenvalue weighted by atomic mass is 9.96. The van der Waals surface area contributed by atoms with Crippen molar-refractivity contribution in [2.45, 2.75) is 30.9 Å². The minimum absolute atomic E-state index is 0.119. The van der Waals surface area contributed by atoms with Gasteiger partial charge in [0.25, 0.3) is 0 Å². The van der Waals surface area contributed by atoms with Crippen molar-refractivity contribution in [1.29, 1.82) is 0 Å². The van der Waals surface area contributed by atoms with Gasteiger partial charge < -0.3 is 10.5 Å². The zero-order chi connectivity index (χ0) is 8.89. The van der Waals surface area contributed by atoms with Crippen LogP contribution in [0, 0.1) is 0 Å². The molecule has 1 fully saturated rings. The highest BCUT2D eigenvalue weighted by Crippen LogP contribution is 2.50. The number of benzene rings is 1. The monoisotopic (exact) mass is 175 g/mol. The van der Waals surface area contributed by atoms with Gasteiger partial charge in [-0.05, 0) is 18.9 Å². The van der Waals surface area contributed by atoms with Crippen molar-refractivity contribution in [3.63, 3.8) is 0 Å². The normalized spacial score (nSPS) is 27.9. The van der Waals surface area contributed by atoms with Crippen molar-refractivity contribution in [2.75, 3.05) is 0 Å². The van der Waals surface area contributed by atoms with E-state index in [0.717, 1.165) is 12.2 Å². The lowest BCUT2D eigenvalue weighted by molar-refractivity contribution is 0.136. The Bertz CT molecular complexity index is 344. The third-order valence-corrected chi connectivity index (χ3v) is 3.04. The Balaban J connectivity index is 2.05. The van der Waals surface area contributed by atoms with E-state index in [2.05, 4.69) is 6.07 Å². The van der Waals surface area contributed by atoms with Crippen LogP contribution in [0.15, 0.2) is 24.3 Å². The van der Waals surface area contributed by atoms with Crippen molar-refractivity contribution in [1.82, 2.24) is 0 Å². The van der Waals surface area contributed by atoms with Gasteiger partial charge in [0.05, 0.1) is 0 Å². The van der Waals surface area contributed by atoms with Gasteiger partial charge in [0.15, 0.2) is 0 Å². The molecular formula is C11H13NO. The zero-order valence-corrected chi connectivity index (χ0v) is 7.49. The van der Waals surface area contributed by atoms with Crippen LogP contribution in [0.1, 0.15) is 30.9 Å². The molecule has 1 atom stereocenters. The summed E-state index contributed by atoms with van der Waals surface area (Å²) in [5.41, 5.74) is 7.37. The van der Waals surface area contributed by atoms with Gasteiger partial charge in [0.2, 0.25) is 0 Å². The number of ether oxygens (including phenoxy) is 1. The quantitative estimate of drug-likeness (QED) is 0.654. The first-order valence-electron chi connectivity index (χ1n) is 4.83. The summed E-state index contributed by atoms with van der Waals surface area (Å²) < 4.78 is 5.92. The third kappa shape index (κ3) is 1.05. The summed E-state index contributed by atoms with van der Waals surface area (Å²) in [6, 6.07) is 8.29. The molecule has 2 heteroatoms. The third-order valence-electron chi connectivity index (χ3n) is 3.04. The number of hydrogen-bond acceptors (Lipinski definition) is 2. The van der Waals surface area contributed by atoms with Crippen molar-refractivity contribution >= 4 is 0 Å². The molecule has 0 radical (unpaired) electrons. The molecule has 68 valence electrons. The maximum absolute atomic E-state index is 6.08. The van der Waals surface area contributed by atoms with Gasteiger partial charge in [-0.3, -0.25) is 0 Å². The van der Waals surface area contributed by atoms with Crippen molar-refractivity contribution in [3.8, 4) is 5.75 Å². The summed E-state index contributed by atoms with van der Waals surface area (Å²) in [4.78, 5) is 0. The minimum Gasteiger partial charge on any atom is -0.487 e. The second kappa shape index (κ2) is 2.26. The molecular weight excluding hydrogens is 162 g/mol. The molecule has 13 heavy (non-hydrogen) atoms. The second-order valence-corrected chi connectivity index (χ2v) is 4.13. The van der Waals surface area contributed by atoms with E-state index in [1.807, 2.05) is 18.2 Å². The number of rotatable bonds is 0. The van der Waals surface area contributed by atoms with Gasteiger partial charge >= 0.3 is 0 Å². The molecule has 1 unspecified atom stereocenters. The van der Waals surface area contributed by atoms with Crippen LogP contribution in [0.2, 0.25) is 0 Å². The standard InChI is InChI=1S/C11H13NO/c12-9-7-11(5-6-11)13-10-4-2-1-3-8(9)10/h1-4,9H,5-7,12H2. The molecule has 1 aliphatic heterocycles. The molecule has 0 saturated heterocycles. The zero-order valence-electron chi connectivity index (χ0n) is 7.49. The number of nitrogens with two attached hydrogens (primary N) is 1. The van der Waals surface area contributed by atoms with Crippen LogP contribution in [-0.2, 0) is 0 Å². The predicted octanol–water partition coefficient (Wildman–Crippen LogP) is 2.00. The highest BCUT2D eigenvalue weighted by molar-refractivity contribution is 5.39. The van der Waals surface area contributed by atoms with E-state index < -0.39 is 0 Å². The average Bonchev–Trinajstić information content (AvgIpc) is 2.85. The summed E-state index contributed by atoms with van der Waals surface area (Å²) >= 11 is 0.